The molecule has 4 N–H and O–H groups in total. The van der Waals surface area contributed by atoms with E-state index in [-0.39, 0.29) is 39.4 Å². The Kier molecular flexibility index (Phi) is 6.71. The largest absolute Gasteiger partial charge is 0.497 e. The number of hydrogen-bond donors (Lipinski definition) is 2. The second-order valence-electron chi connectivity index (χ2n) is 8.51. The molecule has 0 radical (unpaired) electrons. The normalized spacial score (nSPS) is 10.7. The third-order valence-electron chi connectivity index (χ3n) is 5.82. The Labute approximate surface area is 222 Å². The number of nitrogen functional groups attached to an aromatic ring is 2. The number of esters is 2. The molecule has 9 heteroatoms. The third kappa shape index (κ3) is 5.28. The van der Waals surface area contributed by atoms with Crippen LogP contribution in [0.5, 0.6) is 17.2 Å². The van der Waals surface area contributed by atoms with Gasteiger partial charge in [0.2, 0.25) is 11.2 Å². The van der Waals surface area contributed by atoms with Crippen molar-refractivity contribution in [2.75, 3.05) is 18.6 Å². The van der Waals surface area contributed by atoms with Gasteiger partial charge >= 0.3 is 11.9 Å². The number of rotatable bonds is 6. The fourth-order valence-corrected chi connectivity index (χ4v) is 3.89. The average molecular weight is 523 g/mol. The van der Waals surface area contributed by atoms with Crippen LogP contribution in [-0.4, -0.2) is 19.0 Å². The summed E-state index contributed by atoms with van der Waals surface area (Å²) in [7, 11) is 1.52. The van der Waals surface area contributed by atoms with Crippen molar-refractivity contribution < 1.29 is 28.2 Å². The fourth-order valence-electron chi connectivity index (χ4n) is 3.89. The van der Waals surface area contributed by atoms with Crippen molar-refractivity contribution in [2.45, 2.75) is 0 Å². The summed E-state index contributed by atoms with van der Waals surface area (Å²) in [5.74, 6) is -0.987. The molecule has 5 aromatic rings. The summed E-state index contributed by atoms with van der Waals surface area (Å²) in [6.45, 7) is 0. The Morgan fingerprint density at radius 2 is 1.31 bits per heavy atom. The summed E-state index contributed by atoms with van der Waals surface area (Å²) in [4.78, 5) is 39.1. The highest BCUT2D eigenvalue weighted by Gasteiger charge is 2.22. The van der Waals surface area contributed by atoms with E-state index in [1.807, 2.05) is 0 Å². The predicted octanol–water partition coefficient (Wildman–Crippen LogP) is 5.07. The van der Waals surface area contributed by atoms with Crippen molar-refractivity contribution in [1.29, 1.82) is 0 Å². The number of fused-ring (bicyclic) bond motifs is 1. The predicted molar refractivity (Wildman–Crippen MR) is 146 cm³/mol. The van der Waals surface area contributed by atoms with Gasteiger partial charge in [0.25, 0.3) is 0 Å². The van der Waals surface area contributed by atoms with E-state index < -0.39 is 17.4 Å². The first-order valence-electron chi connectivity index (χ1n) is 11.7. The molecule has 4 aromatic carbocycles. The monoisotopic (exact) mass is 522 g/mol. The van der Waals surface area contributed by atoms with Gasteiger partial charge < -0.3 is 30.1 Å². The van der Waals surface area contributed by atoms with Crippen molar-refractivity contribution in [3.63, 3.8) is 0 Å². The first kappa shape index (κ1) is 25.1. The SMILES string of the molecule is COc1ccc(-c2oc3cc(OC(=O)c4cccc(N)c4)ccc3c(=O)c2OC(=O)c2cccc(N)c2)cc1. The van der Waals surface area contributed by atoms with Crippen LogP contribution in [0.3, 0.4) is 0 Å². The quantitative estimate of drug-likeness (QED) is 0.177. The molecule has 0 aliphatic rings. The maximum atomic E-state index is 13.6. The number of anilines is 2. The van der Waals surface area contributed by atoms with E-state index in [0.29, 0.717) is 22.7 Å². The second-order valence-corrected chi connectivity index (χ2v) is 8.51. The molecule has 0 unspecified atom stereocenters. The number of carbonyl (C=O) groups excluding carboxylic acids is 2. The molecular formula is C30H22N2O7. The van der Waals surface area contributed by atoms with Gasteiger partial charge in [-0.1, -0.05) is 12.1 Å². The number of nitrogens with two attached hydrogens (primary N) is 2. The summed E-state index contributed by atoms with van der Waals surface area (Å²) in [5.41, 5.74) is 12.7. The maximum absolute atomic E-state index is 13.6. The van der Waals surface area contributed by atoms with Gasteiger partial charge in [-0.3, -0.25) is 4.79 Å². The zero-order valence-electron chi connectivity index (χ0n) is 20.7. The van der Waals surface area contributed by atoms with Gasteiger partial charge in [-0.15, -0.1) is 0 Å². The van der Waals surface area contributed by atoms with Crippen molar-refractivity contribution in [3.05, 3.63) is 112 Å². The van der Waals surface area contributed by atoms with Crippen molar-refractivity contribution >= 4 is 34.3 Å². The summed E-state index contributed by atoms with van der Waals surface area (Å²) in [6, 6.07) is 23.5. The molecule has 0 amide bonds. The molecule has 0 aliphatic heterocycles. The van der Waals surface area contributed by atoms with Crippen LogP contribution < -0.4 is 31.1 Å². The van der Waals surface area contributed by atoms with E-state index in [0.717, 1.165) is 0 Å². The smallest absolute Gasteiger partial charge is 0.343 e. The molecule has 39 heavy (non-hydrogen) atoms. The second kappa shape index (κ2) is 10.4. The van der Waals surface area contributed by atoms with Crippen LogP contribution in [0.1, 0.15) is 20.7 Å². The highest BCUT2D eigenvalue weighted by atomic mass is 16.5. The summed E-state index contributed by atoms with van der Waals surface area (Å²) in [6.07, 6.45) is 0. The molecule has 0 aliphatic carbocycles. The Balaban J connectivity index is 1.58. The van der Waals surface area contributed by atoms with Crippen LogP contribution in [-0.2, 0) is 0 Å². The topological polar surface area (TPSA) is 144 Å². The molecule has 194 valence electrons. The molecule has 0 atom stereocenters. The lowest BCUT2D eigenvalue weighted by molar-refractivity contribution is 0.0722. The number of hydrogen-bond acceptors (Lipinski definition) is 9. The fraction of sp³-hybridized carbons (Fsp3) is 0.0333. The molecule has 1 heterocycles. The lowest BCUT2D eigenvalue weighted by atomic mass is 10.1. The lowest BCUT2D eigenvalue weighted by Crippen LogP contribution is -2.16. The van der Waals surface area contributed by atoms with Crippen LogP contribution in [0, 0.1) is 0 Å². The first-order valence-corrected chi connectivity index (χ1v) is 11.7. The van der Waals surface area contributed by atoms with E-state index in [9.17, 15) is 14.4 Å². The standard InChI is InChI=1S/C30H22N2O7/c1-36-22-10-8-17(9-11-22)27-28(39-30(35)19-5-3-7-21(32)15-19)26(33)24-13-12-23(16-25(24)38-27)37-29(34)18-4-2-6-20(31)14-18/h2-16H,31-32H2,1H3. The van der Waals surface area contributed by atoms with Gasteiger partial charge in [-0.25, -0.2) is 9.59 Å². The molecular weight excluding hydrogens is 500 g/mol. The van der Waals surface area contributed by atoms with Crippen LogP contribution >= 0.6 is 0 Å². The number of benzene rings is 4. The lowest BCUT2D eigenvalue weighted by Gasteiger charge is -2.12. The molecule has 0 bridgehead atoms. The average Bonchev–Trinajstić information content (AvgIpc) is 2.94. The van der Waals surface area contributed by atoms with E-state index in [1.165, 1.54) is 43.5 Å². The van der Waals surface area contributed by atoms with Gasteiger partial charge in [-0.05, 0) is 72.8 Å². The van der Waals surface area contributed by atoms with Gasteiger partial charge in [0.1, 0.15) is 17.1 Å². The molecule has 5 rings (SSSR count). The Morgan fingerprint density at radius 1 is 0.718 bits per heavy atom. The zero-order valence-corrected chi connectivity index (χ0v) is 20.7. The number of methoxy groups -OCH3 is 1. The van der Waals surface area contributed by atoms with Crippen LogP contribution in [0.4, 0.5) is 11.4 Å². The minimum absolute atomic E-state index is 0.00622. The van der Waals surface area contributed by atoms with E-state index >= 15 is 0 Å². The Bertz CT molecular complexity index is 1780. The minimum Gasteiger partial charge on any atom is -0.497 e. The highest BCUT2D eigenvalue weighted by molar-refractivity contribution is 5.94. The molecule has 1 aromatic heterocycles. The third-order valence-corrected chi connectivity index (χ3v) is 5.82. The van der Waals surface area contributed by atoms with Crippen LogP contribution in [0.2, 0.25) is 0 Å². The molecule has 9 nitrogen and oxygen atoms in total. The highest BCUT2D eigenvalue weighted by Crippen LogP contribution is 2.34. The summed E-state index contributed by atoms with van der Waals surface area (Å²) < 4.78 is 22.3. The minimum atomic E-state index is -0.781. The molecule has 0 fully saturated rings. The number of ether oxygens (including phenoxy) is 3. The maximum Gasteiger partial charge on any atom is 0.343 e. The summed E-state index contributed by atoms with van der Waals surface area (Å²) in [5, 5.41) is 0.117. The first-order chi connectivity index (χ1) is 18.8. The van der Waals surface area contributed by atoms with Gasteiger partial charge in [0, 0.05) is 23.0 Å². The zero-order chi connectivity index (χ0) is 27.5. The van der Waals surface area contributed by atoms with Crippen LogP contribution in [0.15, 0.2) is 100 Å². The van der Waals surface area contributed by atoms with Crippen molar-refractivity contribution in [2.24, 2.45) is 0 Å². The van der Waals surface area contributed by atoms with E-state index in [4.69, 9.17) is 30.1 Å². The molecule has 0 saturated carbocycles. The van der Waals surface area contributed by atoms with E-state index in [1.54, 1.807) is 54.6 Å². The number of carbonyl (C=O) groups is 2. The molecule has 0 spiro atoms. The summed E-state index contributed by atoms with van der Waals surface area (Å²) >= 11 is 0. The van der Waals surface area contributed by atoms with Gasteiger partial charge in [-0.2, -0.15) is 0 Å². The molecule has 0 saturated heterocycles. The van der Waals surface area contributed by atoms with Crippen molar-refractivity contribution in [3.8, 4) is 28.6 Å². The Hall–Kier alpha value is -5.57. The van der Waals surface area contributed by atoms with Gasteiger partial charge in [0.15, 0.2) is 5.76 Å². The Morgan fingerprint density at radius 3 is 1.90 bits per heavy atom. The van der Waals surface area contributed by atoms with Crippen molar-refractivity contribution in [1.82, 2.24) is 0 Å². The van der Waals surface area contributed by atoms with Gasteiger partial charge in [0.05, 0.1) is 23.6 Å². The van der Waals surface area contributed by atoms with E-state index in [2.05, 4.69) is 0 Å². The van der Waals surface area contributed by atoms with Crippen LogP contribution in [0.25, 0.3) is 22.3 Å².